The summed E-state index contributed by atoms with van der Waals surface area (Å²) in [6.07, 6.45) is 3.18. The first-order chi connectivity index (χ1) is 11.8. The number of anilines is 2. The Labute approximate surface area is 140 Å². The highest BCUT2D eigenvalue weighted by atomic mass is 16.5. The lowest BCUT2D eigenvalue weighted by Crippen LogP contribution is -2.39. The largest absolute Gasteiger partial charge is 0.378 e. The van der Waals surface area contributed by atoms with Crippen LogP contribution in [-0.4, -0.2) is 42.3 Å². The van der Waals surface area contributed by atoms with Crippen LogP contribution in [0, 0.1) is 0 Å². The number of carbonyl (C=O) groups excluding carboxylic acids is 1. The van der Waals surface area contributed by atoms with Crippen molar-refractivity contribution in [1.82, 2.24) is 20.7 Å². The molecule has 1 aliphatic heterocycles. The van der Waals surface area contributed by atoms with E-state index in [0.29, 0.717) is 12.5 Å². The molecule has 0 spiro atoms. The van der Waals surface area contributed by atoms with E-state index in [0.717, 1.165) is 31.9 Å². The molecular weight excluding hydrogens is 308 g/mol. The van der Waals surface area contributed by atoms with Gasteiger partial charge in [0.15, 0.2) is 0 Å². The van der Waals surface area contributed by atoms with Crippen LogP contribution in [0.3, 0.4) is 0 Å². The molecule has 1 aromatic carbocycles. The van der Waals surface area contributed by atoms with Crippen LogP contribution in [0.15, 0.2) is 42.7 Å². The number of aromatic nitrogens is 2. The van der Waals surface area contributed by atoms with Crippen LogP contribution in [0.5, 0.6) is 0 Å². The maximum absolute atomic E-state index is 11.7. The molecule has 8 heteroatoms. The summed E-state index contributed by atoms with van der Waals surface area (Å²) in [7, 11) is 0. The minimum absolute atomic E-state index is 0.336. The lowest BCUT2D eigenvalue weighted by molar-refractivity contribution is 0.122. The molecule has 0 unspecified atom stereocenters. The maximum Gasteiger partial charge on any atom is 0.333 e. The summed E-state index contributed by atoms with van der Waals surface area (Å²) in [5.74, 6) is 0.336. The number of benzene rings is 1. The van der Waals surface area contributed by atoms with Gasteiger partial charge in [-0.1, -0.05) is 12.1 Å². The molecule has 2 heterocycles. The normalized spacial score (nSPS) is 14.1. The quantitative estimate of drug-likeness (QED) is 0.713. The minimum Gasteiger partial charge on any atom is -0.378 e. The van der Waals surface area contributed by atoms with Gasteiger partial charge in [-0.3, -0.25) is 5.43 Å². The number of hydrogen-bond donors (Lipinski definition) is 3. The predicted octanol–water partition coefficient (Wildman–Crippen LogP) is 1.14. The highest BCUT2D eigenvalue weighted by Gasteiger charge is 2.10. The smallest absolute Gasteiger partial charge is 0.333 e. The van der Waals surface area contributed by atoms with E-state index in [1.807, 2.05) is 12.1 Å². The van der Waals surface area contributed by atoms with Gasteiger partial charge in [-0.15, -0.1) is 0 Å². The van der Waals surface area contributed by atoms with Crippen molar-refractivity contribution in [2.45, 2.75) is 6.54 Å². The summed E-state index contributed by atoms with van der Waals surface area (Å²) in [5.41, 5.74) is 7.32. The Balaban J connectivity index is 1.43. The molecule has 2 aromatic rings. The van der Waals surface area contributed by atoms with E-state index in [-0.39, 0.29) is 6.03 Å². The van der Waals surface area contributed by atoms with Gasteiger partial charge in [0.2, 0.25) is 5.95 Å². The lowest BCUT2D eigenvalue weighted by Gasteiger charge is -2.28. The molecule has 1 aliphatic rings. The first-order valence-electron chi connectivity index (χ1n) is 7.80. The van der Waals surface area contributed by atoms with E-state index in [2.05, 4.69) is 43.2 Å². The van der Waals surface area contributed by atoms with E-state index < -0.39 is 0 Å². The van der Waals surface area contributed by atoms with Gasteiger partial charge in [0.1, 0.15) is 0 Å². The zero-order valence-corrected chi connectivity index (χ0v) is 13.2. The minimum atomic E-state index is -0.347. The molecule has 3 rings (SSSR count). The number of ether oxygens (including phenoxy) is 1. The van der Waals surface area contributed by atoms with Crippen LogP contribution >= 0.6 is 0 Å². The number of nitrogens with zero attached hydrogens (tertiary/aromatic N) is 3. The van der Waals surface area contributed by atoms with Crippen molar-refractivity contribution in [3.05, 3.63) is 48.3 Å². The molecule has 2 amide bonds. The van der Waals surface area contributed by atoms with E-state index in [9.17, 15) is 4.79 Å². The van der Waals surface area contributed by atoms with Crippen molar-refractivity contribution in [3.63, 3.8) is 0 Å². The Morgan fingerprint density at radius 3 is 2.54 bits per heavy atom. The van der Waals surface area contributed by atoms with Crippen LogP contribution in [-0.2, 0) is 11.3 Å². The molecule has 1 saturated heterocycles. The summed E-state index contributed by atoms with van der Waals surface area (Å²) in [5, 5.41) is 2.77. The van der Waals surface area contributed by atoms with Crippen LogP contribution in [0.1, 0.15) is 5.56 Å². The molecule has 8 nitrogen and oxygen atoms in total. The fourth-order valence-corrected chi connectivity index (χ4v) is 2.35. The first-order valence-corrected chi connectivity index (χ1v) is 7.80. The van der Waals surface area contributed by atoms with Crippen LogP contribution in [0.2, 0.25) is 0 Å². The Kier molecular flexibility index (Phi) is 5.41. The van der Waals surface area contributed by atoms with Crippen molar-refractivity contribution in [3.8, 4) is 0 Å². The van der Waals surface area contributed by atoms with Crippen LogP contribution in [0.25, 0.3) is 0 Å². The van der Waals surface area contributed by atoms with Gasteiger partial charge in [0.05, 0.1) is 13.2 Å². The summed E-state index contributed by atoms with van der Waals surface area (Å²) in [6, 6.07) is 9.51. The monoisotopic (exact) mass is 328 g/mol. The van der Waals surface area contributed by atoms with Gasteiger partial charge in [-0.25, -0.2) is 20.2 Å². The Morgan fingerprint density at radius 2 is 1.83 bits per heavy atom. The van der Waals surface area contributed by atoms with Crippen LogP contribution < -0.4 is 21.1 Å². The molecule has 126 valence electrons. The van der Waals surface area contributed by atoms with E-state index in [1.165, 1.54) is 5.69 Å². The summed E-state index contributed by atoms with van der Waals surface area (Å²) in [4.78, 5) is 21.9. The number of carbonyl (C=O) groups is 1. The number of morpholine rings is 1. The average molecular weight is 328 g/mol. The number of nitrogens with one attached hydrogen (secondary N) is 3. The highest BCUT2D eigenvalue weighted by molar-refractivity contribution is 5.74. The van der Waals surface area contributed by atoms with Gasteiger partial charge in [-0.2, -0.15) is 0 Å². The highest BCUT2D eigenvalue weighted by Crippen LogP contribution is 2.16. The molecular formula is C16H20N6O2. The zero-order chi connectivity index (χ0) is 16.6. The van der Waals surface area contributed by atoms with Gasteiger partial charge in [0, 0.05) is 37.7 Å². The molecule has 3 N–H and O–H groups in total. The third-order valence-corrected chi connectivity index (χ3v) is 3.62. The Morgan fingerprint density at radius 1 is 1.12 bits per heavy atom. The molecule has 24 heavy (non-hydrogen) atoms. The lowest BCUT2D eigenvalue weighted by atomic mass is 10.2. The molecule has 0 aliphatic carbocycles. The number of urea groups is 1. The summed E-state index contributed by atoms with van der Waals surface area (Å²) >= 11 is 0. The molecule has 1 fully saturated rings. The van der Waals surface area contributed by atoms with Crippen molar-refractivity contribution >= 4 is 17.7 Å². The van der Waals surface area contributed by atoms with Crippen LogP contribution in [0.4, 0.5) is 16.4 Å². The molecule has 0 saturated carbocycles. The van der Waals surface area contributed by atoms with Crippen molar-refractivity contribution in [1.29, 1.82) is 0 Å². The SMILES string of the molecule is O=C(NCc1ccc(N2CCOCC2)cc1)NNc1ncccn1. The molecule has 0 radical (unpaired) electrons. The number of hydrazine groups is 1. The fourth-order valence-electron chi connectivity index (χ4n) is 2.35. The number of amides is 2. The third kappa shape index (κ3) is 4.56. The molecule has 0 atom stereocenters. The second-order valence-electron chi connectivity index (χ2n) is 5.27. The predicted molar refractivity (Wildman–Crippen MR) is 90.5 cm³/mol. The van der Waals surface area contributed by atoms with Gasteiger partial charge in [-0.05, 0) is 23.8 Å². The second-order valence-corrected chi connectivity index (χ2v) is 5.27. The van der Waals surface area contributed by atoms with Crippen molar-refractivity contribution in [2.75, 3.05) is 36.6 Å². The number of hydrogen-bond acceptors (Lipinski definition) is 6. The first kappa shape index (κ1) is 16.0. The number of rotatable bonds is 5. The maximum atomic E-state index is 11.7. The second kappa shape index (κ2) is 8.11. The molecule has 0 bridgehead atoms. The van der Waals surface area contributed by atoms with Crippen molar-refractivity contribution in [2.24, 2.45) is 0 Å². The zero-order valence-electron chi connectivity index (χ0n) is 13.2. The van der Waals surface area contributed by atoms with Crippen molar-refractivity contribution < 1.29 is 9.53 Å². The standard InChI is InChI=1S/C16H20N6O2/c23-16(21-20-15-17-6-1-7-18-15)19-12-13-2-4-14(5-3-13)22-8-10-24-11-9-22/h1-7H,8-12H2,(H,17,18,20)(H2,19,21,23). The van der Waals surface area contributed by atoms with Gasteiger partial charge < -0.3 is 15.0 Å². The van der Waals surface area contributed by atoms with Gasteiger partial charge >= 0.3 is 6.03 Å². The molecule has 1 aromatic heterocycles. The van der Waals surface area contributed by atoms with E-state index in [4.69, 9.17) is 4.74 Å². The van der Waals surface area contributed by atoms with Gasteiger partial charge in [0.25, 0.3) is 0 Å². The topological polar surface area (TPSA) is 91.4 Å². The summed E-state index contributed by atoms with van der Waals surface area (Å²) < 4.78 is 5.35. The fraction of sp³-hybridized carbons (Fsp3) is 0.312. The third-order valence-electron chi connectivity index (χ3n) is 3.62. The average Bonchev–Trinajstić information content (AvgIpc) is 2.67. The van der Waals surface area contributed by atoms with E-state index in [1.54, 1.807) is 18.5 Å². The summed E-state index contributed by atoms with van der Waals surface area (Å²) in [6.45, 7) is 3.79. The Bertz CT molecular complexity index is 643. The van der Waals surface area contributed by atoms with E-state index >= 15 is 0 Å². The Hall–Kier alpha value is -2.87.